The van der Waals surface area contributed by atoms with Crippen molar-refractivity contribution in [3.8, 4) is 11.5 Å². The Morgan fingerprint density at radius 3 is 2.89 bits per heavy atom. The smallest absolute Gasteiger partial charge is 0.273 e. The average Bonchev–Trinajstić information content (AvgIpc) is 3.20. The van der Waals surface area contributed by atoms with E-state index in [2.05, 4.69) is 25.8 Å². The molecule has 3 heterocycles. The van der Waals surface area contributed by atoms with Crippen LogP contribution < -0.4 is 20.1 Å². The highest BCUT2D eigenvalue weighted by Gasteiger charge is 2.22. The lowest BCUT2D eigenvalue weighted by Gasteiger charge is -2.26. The highest BCUT2D eigenvalue weighted by molar-refractivity contribution is 5.91. The second-order valence-corrected chi connectivity index (χ2v) is 6.67. The van der Waals surface area contributed by atoms with Gasteiger partial charge in [-0.15, -0.1) is 5.10 Å². The van der Waals surface area contributed by atoms with Gasteiger partial charge >= 0.3 is 0 Å². The Kier molecular flexibility index (Phi) is 5.50. The molecule has 0 radical (unpaired) electrons. The summed E-state index contributed by atoms with van der Waals surface area (Å²) in [6.45, 7) is 6.47. The first-order valence-electron chi connectivity index (χ1n) is 9.28. The van der Waals surface area contributed by atoms with Crippen LogP contribution >= 0.6 is 0 Å². The predicted octanol–water partition coefficient (Wildman–Crippen LogP) is -0.247. The maximum Gasteiger partial charge on any atom is 0.273 e. The fraction of sp³-hybridized carbons (Fsp3) is 0.500. The monoisotopic (exact) mass is 372 g/mol. The number of ether oxygens (including phenoxy) is 2. The molecule has 27 heavy (non-hydrogen) atoms. The summed E-state index contributed by atoms with van der Waals surface area (Å²) in [5, 5.41) is 14.2. The van der Waals surface area contributed by atoms with Gasteiger partial charge in [0, 0.05) is 32.7 Å². The standard InChI is InChI=1S/C18H24N6O3/c25-18(20-11-14-13-26-16-3-1-2-4-17(16)27-14)15-12-24(22-21-15)10-9-23-7-5-19-6-8-23/h1-4,12,14,19H,5-11,13H2,(H,20,25). The van der Waals surface area contributed by atoms with E-state index in [4.69, 9.17) is 9.47 Å². The second-order valence-electron chi connectivity index (χ2n) is 6.67. The number of rotatable bonds is 6. The van der Waals surface area contributed by atoms with Crippen molar-refractivity contribution in [1.82, 2.24) is 30.5 Å². The van der Waals surface area contributed by atoms with Crippen molar-refractivity contribution in [3.05, 3.63) is 36.2 Å². The largest absolute Gasteiger partial charge is 0.486 e. The summed E-state index contributed by atoms with van der Waals surface area (Å²) in [5.41, 5.74) is 0.312. The quantitative estimate of drug-likeness (QED) is 0.722. The molecule has 1 aromatic carbocycles. The summed E-state index contributed by atoms with van der Waals surface area (Å²) in [5.74, 6) is 1.17. The molecule has 9 heteroatoms. The molecule has 1 amide bonds. The molecule has 0 aliphatic carbocycles. The zero-order chi connectivity index (χ0) is 18.5. The Balaban J connectivity index is 1.24. The molecule has 1 aromatic heterocycles. The number of benzene rings is 1. The van der Waals surface area contributed by atoms with Crippen molar-refractivity contribution in [2.24, 2.45) is 0 Å². The Labute approximate surface area is 157 Å². The van der Waals surface area contributed by atoms with Crippen LogP contribution in [0.5, 0.6) is 11.5 Å². The van der Waals surface area contributed by atoms with E-state index in [0.29, 0.717) is 24.6 Å². The molecule has 9 nitrogen and oxygen atoms in total. The number of carbonyl (C=O) groups excluding carboxylic acids is 1. The van der Waals surface area contributed by atoms with Gasteiger partial charge in [-0.3, -0.25) is 14.4 Å². The van der Waals surface area contributed by atoms with E-state index in [0.717, 1.165) is 45.0 Å². The zero-order valence-electron chi connectivity index (χ0n) is 15.1. The minimum Gasteiger partial charge on any atom is -0.486 e. The minimum atomic E-state index is -0.258. The van der Waals surface area contributed by atoms with Crippen LogP contribution in [0.1, 0.15) is 10.5 Å². The number of carbonyl (C=O) groups is 1. The van der Waals surface area contributed by atoms with Gasteiger partial charge in [-0.1, -0.05) is 17.3 Å². The lowest BCUT2D eigenvalue weighted by molar-refractivity contribution is 0.0786. The molecule has 1 atom stereocenters. The van der Waals surface area contributed by atoms with E-state index in [1.807, 2.05) is 24.3 Å². The summed E-state index contributed by atoms with van der Waals surface area (Å²) in [4.78, 5) is 14.7. The van der Waals surface area contributed by atoms with E-state index in [-0.39, 0.29) is 12.0 Å². The first kappa shape index (κ1) is 17.7. The summed E-state index contributed by atoms with van der Waals surface area (Å²) in [6, 6.07) is 7.51. The average molecular weight is 372 g/mol. The Morgan fingerprint density at radius 2 is 2.04 bits per heavy atom. The van der Waals surface area contributed by atoms with Gasteiger partial charge in [0.1, 0.15) is 12.7 Å². The van der Waals surface area contributed by atoms with Crippen molar-refractivity contribution in [1.29, 1.82) is 0 Å². The van der Waals surface area contributed by atoms with Gasteiger partial charge in [-0.2, -0.15) is 0 Å². The maximum atomic E-state index is 12.3. The van der Waals surface area contributed by atoms with E-state index in [1.165, 1.54) is 0 Å². The summed E-state index contributed by atoms with van der Waals surface area (Å²) in [6.07, 6.45) is 1.46. The highest BCUT2D eigenvalue weighted by Crippen LogP contribution is 2.30. The highest BCUT2D eigenvalue weighted by atomic mass is 16.6. The molecule has 2 aliphatic heterocycles. The third-order valence-electron chi connectivity index (χ3n) is 4.68. The fourth-order valence-corrected chi connectivity index (χ4v) is 3.15. The molecule has 1 unspecified atom stereocenters. The van der Waals surface area contributed by atoms with Gasteiger partial charge in [-0.25, -0.2) is 0 Å². The van der Waals surface area contributed by atoms with Crippen molar-refractivity contribution >= 4 is 5.91 Å². The number of piperazine rings is 1. The second kappa shape index (κ2) is 8.36. The first-order chi connectivity index (χ1) is 13.3. The first-order valence-corrected chi connectivity index (χ1v) is 9.28. The Bertz CT molecular complexity index is 774. The van der Waals surface area contributed by atoms with Gasteiger partial charge in [0.2, 0.25) is 0 Å². The van der Waals surface area contributed by atoms with Crippen LogP contribution in [0, 0.1) is 0 Å². The van der Waals surface area contributed by atoms with Crippen LogP contribution in [0.2, 0.25) is 0 Å². The number of hydrogen-bond donors (Lipinski definition) is 2. The van der Waals surface area contributed by atoms with Crippen molar-refractivity contribution in [2.45, 2.75) is 12.6 Å². The summed E-state index contributed by atoms with van der Waals surface area (Å²) >= 11 is 0. The molecule has 1 fully saturated rings. The molecule has 2 N–H and O–H groups in total. The van der Waals surface area contributed by atoms with Crippen LogP contribution in [-0.2, 0) is 6.54 Å². The van der Waals surface area contributed by atoms with Gasteiger partial charge < -0.3 is 20.1 Å². The SMILES string of the molecule is O=C(NCC1COc2ccccc2O1)c1cn(CCN2CCNCC2)nn1. The van der Waals surface area contributed by atoms with E-state index < -0.39 is 0 Å². The molecular formula is C18H24N6O3. The molecule has 144 valence electrons. The van der Waals surface area contributed by atoms with Crippen LogP contribution in [0.15, 0.2) is 30.5 Å². The van der Waals surface area contributed by atoms with Crippen molar-refractivity contribution < 1.29 is 14.3 Å². The van der Waals surface area contributed by atoms with Crippen LogP contribution in [0.25, 0.3) is 0 Å². The number of aromatic nitrogens is 3. The van der Waals surface area contributed by atoms with Crippen molar-refractivity contribution in [3.63, 3.8) is 0 Å². The third-order valence-corrected chi connectivity index (χ3v) is 4.68. The number of fused-ring (bicyclic) bond motifs is 1. The van der Waals surface area contributed by atoms with E-state index in [1.54, 1.807) is 10.9 Å². The number of nitrogens with zero attached hydrogens (tertiary/aromatic N) is 4. The zero-order valence-corrected chi connectivity index (χ0v) is 15.1. The van der Waals surface area contributed by atoms with E-state index >= 15 is 0 Å². The topological polar surface area (TPSA) is 93.5 Å². The van der Waals surface area contributed by atoms with Gasteiger partial charge in [0.15, 0.2) is 17.2 Å². The van der Waals surface area contributed by atoms with Crippen molar-refractivity contribution in [2.75, 3.05) is 45.9 Å². The normalized spacial score (nSPS) is 19.6. The third kappa shape index (κ3) is 4.55. The number of nitrogens with one attached hydrogen (secondary N) is 2. The number of amides is 1. The minimum absolute atomic E-state index is 0.230. The van der Waals surface area contributed by atoms with E-state index in [9.17, 15) is 4.79 Å². The molecule has 0 saturated carbocycles. The molecule has 0 bridgehead atoms. The van der Waals surface area contributed by atoms with Gasteiger partial charge in [0.05, 0.1) is 19.3 Å². The Morgan fingerprint density at radius 1 is 1.22 bits per heavy atom. The Hall–Kier alpha value is -2.65. The van der Waals surface area contributed by atoms with Crippen LogP contribution in [0.3, 0.4) is 0 Å². The molecule has 4 rings (SSSR count). The predicted molar refractivity (Wildman–Crippen MR) is 98.0 cm³/mol. The lowest BCUT2D eigenvalue weighted by Crippen LogP contribution is -2.44. The summed E-state index contributed by atoms with van der Waals surface area (Å²) < 4.78 is 13.2. The van der Waals surface area contributed by atoms with Crippen LogP contribution in [0.4, 0.5) is 0 Å². The summed E-state index contributed by atoms with van der Waals surface area (Å²) in [7, 11) is 0. The molecular weight excluding hydrogens is 348 g/mol. The maximum absolute atomic E-state index is 12.3. The lowest BCUT2D eigenvalue weighted by atomic mass is 10.2. The number of para-hydroxylation sites is 2. The fourth-order valence-electron chi connectivity index (χ4n) is 3.15. The molecule has 1 saturated heterocycles. The number of hydrogen-bond acceptors (Lipinski definition) is 7. The molecule has 2 aromatic rings. The molecule has 0 spiro atoms. The van der Waals surface area contributed by atoms with Crippen LogP contribution in [-0.4, -0.2) is 77.8 Å². The van der Waals surface area contributed by atoms with Gasteiger partial charge in [-0.05, 0) is 12.1 Å². The molecule has 2 aliphatic rings. The van der Waals surface area contributed by atoms with Gasteiger partial charge in [0.25, 0.3) is 5.91 Å².